The molecule has 1 fully saturated rings. The van der Waals surface area contributed by atoms with E-state index in [1.54, 1.807) is 7.11 Å². The number of rotatable bonds is 13. The van der Waals surface area contributed by atoms with Gasteiger partial charge in [0.1, 0.15) is 25.1 Å². The molecule has 1 aliphatic rings. The van der Waals surface area contributed by atoms with Crippen LogP contribution in [0.15, 0.2) is 42.5 Å². The molecule has 35 heavy (non-hydrogen) atoms. The van der Waals surface area contributed by atoms with Gasteiger partial charge in [-0.25, -0.2) is 0 Å². The Morgan fingerprint density at radius 2 is 1.77 bits per heavy atom. The monoisotopic (exact) mass is 484 g/mol. The van der Waals surface area contributed by atoms with Crippen LogP contribution in [0.4, 0.5) is 0 Å². The number of hydrogen-bond donors (Lipinski definition) is 1. The number of benzene rings is 2. The molecular formula is C29H44N2O4. The second kappa shape index (κ2) is 13.7. The summed E-state index contributed by atoms with van der Waals surface area (Å²) < 4.78 is 17.6. The van der Waals surface area contributed by atoms with Crippen molar-refractivity contribution >= 4 is 0 Å². The Labute approximate surface area is 211 Å². The molecule has 0 bridgehead atoms. The predicted octanol–water partition coefficient (Wildman–Crippen LogP) is 4.80. The van der Waals surface area contributed by atoms with Crippen molar-refractivity contribution in [3.63, 3.8) is 0 Å². The molecule has 1 saturated heterocycles. The number of likely N-dealkylation sites (tertiary alicyclic amines) is 1. The summed E-state index contributed by atoms with van der Waals surface area (Å²) in [6, 6.07) is 14.1. The van der Waals surface area contributed by atoms with Gasteiger partial charge in [-0.05, 0) is 74.1 Å². The lowest BCUT2D eigenvalue weighted by Crippen LogP contribution is -2.35. The zero-order valence-corrected chi connectivity index (χ0v) is 22.2. The Hall–Kier alpha value is -2.28. The molecular weight excluding hydrogens is 440 g/mol. The van der Waals surface area contributed by atoms with Crippen LogP contribution < -0.4 is 14.2 Å². The summed E-state index contributed by atoms with van der Waals surface area (Å²) in [5.41, 5.74) is 2.27. The van der Waals surface area contributed by atoms with Crippen LogP contribution in [0.5, 0.6) is 17.2 Å². The van der Waals surface area contributed by atoms with E-state index in [2.05, 4.69) is 42.7 Å². The van der Waals surface area contributed by atoms with E-state index in [-0.39, 0.29) is 6.61 Å². The van der Waals surface area contributed by atoms with Crippen molar-refractivity contribution in [1.29, 1.82) is 0 Å². The number of methoxy groups -OCH3 is 1. The highest BCUT2D eigenvalue weighted by Crippen LogP contribution is 2.29. The summed E-state index contributed by atoms with van der Waals surface area (Å²) in [5, 5.41) is 10.5. The van der Waals surface area contributed by atoms with Gasteiger partial charge in [-0.15, -0.1) is 0 Å². The third-order valence-corrected chi connectivity index (χ3v) is 6.72. The molecule has 2 aromatic carbocycles. The molecule has 0 saturated carbocycles. The molecule has 1 N–H and O–H groups in total. The second-order valence-corrected chi connectivity index (χ2v) is 10.2. The van der Waals surface area contributed by atoms with Crippen LogP contribution in [0.2, 0.25) is 0 Å². The molecule has 194 valence electrons. The van der Waals surface area contributed by atoms with E-state index in [0.29, 0.717) is 25.6 Å². The van der Waals surface area contributed by atoms with Crippen molar-refractivity contribution in [1.82, 2.24) is 9.80 Å². The normalized spacial score (nSPS) is 16.0. The molecule has 6 heteroatoms. The molecule has 1 unspecified atom stereocenters. The first-order chi connectivity index (χ1) is 16.9. The van der Waals surface area contributed by atoms with E-state index in [9.17, 15) is 5.11 Å². The van der Waals surface area contributed by atoms with E-state index >= 15 is 0 Å². The van der Waals surface area contributed by atoms with E-state index in [4.69, 9.17) is 14.2 Å². The predicted molar refractivity (Wildman–Crippen MR) is 142 cm³/mol. The molecule has 0 aliphatic carbocycles. The van der Waals surface area contributed by atoms with Gasteiger partial charge in [-0.3, -0.25) is 9.80 Å². The zero-order valence-electron chi connectivity index (χ0n) is 22.2. The number of ether oxygens (including phenoxy) is 3. The van der Waals surface area contributed by atoms with Crippen molar-refractivity contribution in [2.45, 2.75) is 52.2 Å². The lowest BCUT2D eigenvalue weighted by molar-refractivity contribution is 0.0739. The van der Waals surface area contributed by atoms with Crippen molar-refractivity contribution in [2.75, 3.05) is 53.6 Å². The van der Waals surface area contributed by atoms with Crippen molar-refractivity contribution in [2.24, 2.45) is 5.92 Å². The van der Waals surface area contributed by atoms with E-state index in [1.807, 2.05) is 37.4 Å². The first kappa shape index (κ1) is 27.3. The Bertz CT molecular complexity index is 896. The Balaban J connectivity index is 1.45. The summed E-state index contributed by atoms with van der Waals surface area (Å²) in [6.45, 7) is 12.0. The van der Waals surface area contributed by atoms with Gasteiger partial charge in [0.05, 0.1) is 7.11 Å². The standard InChI is InChI=1S/C29H44N2O4/c1-22(2)26-8-6-7-9-27(26)35-21-25(32)20-30(4)19-24-10-11-28(29(18-24)33-5)34-17-16-31-14-12-23(3)13-15-31/h6-11,18,22-23,25,32H,12-17,19-21H2,1-5H3. The summed E-state index contributed by atoms with van der Waals surface area (Å²) in [7, 11) is 3.68. The third-order valence-electron chi connectivity index (χ3n) is 6.72. The topological polar surface area (TPSA) is 54.4 Å². The summed E-state index contributed by atoms with van der Waals surface area (Å²) in [5.74, 6) is 3.59. The van der Waals surface area contributed by atoms with Gasteiger partial charge in [0.15, 0.2) is 11.5 Å². The minimum Gasteiger partial charge on any atom is -0.493 e. The van der Waals surface area contributed by atoms with Gasteiger partial charge >= 0.3 is 0 Å². The highest BCUT2D eigenvalue weighted by atomic mass is 16.5. The van der Waals surface area contributed by atoms with Crippen molar-refractivity contribution in [3.8, 4) is 17.2 Å². The molecule has 1 atom stereocenters. The minimum atomic E-state index is -0.581. The van der Waals surface area contributed by atoms with Crippen LogP contribution in [0.3, 0.4) is 0 Å². The summed E-state index contributed by atoms with van der Waals surface area (Å²) in [4.78, 5) is 4.57. The highest BCUT2D eigenvalue weighted by Gasteiger charge is 2.16. The molecule has 1 heterocycles. The second-order valence-electron chi connectivity index (χ2n) is 10.2. The molecule has 0 radical (unpaired) electrons. The lowest BCUT2D eigenvalue weighted by atomic mass is 9.99. The Morgan fingerprint density at radius 1 is 1.03 bits per heavy atom. The molecule has 3 rings (SSSR count). The van der Waals surface area contributed by atoms with Crippen molar-refractivity contribution < 1.29 is 19.3 Å². The van der Waals surface area contributed by atoms with Gasteiger partial charge in [-0.1, -0.05) is 45.0 Å². The van der Waals surface area contributed by atoms with Crippen molar-refractivity contribution in [3.05, 3.63) is 53.6 Å². The van der Waals surface area contributed by atoms with E-state index in [1.165, 1.54) is 12.8 Å². The number of aliphatic hydroxyl groups excluding tert-OH is 1. The first-order valence-electron chi connectivity index (χ1n) is 13.0. The number of piperidine rings is 1. The van der Waals surface area contributed by atoms with Gasteiger partial charge in [-0.2, -0.15) is 0 Å². The van der Waals surface area contributed by atoms with Gasteiger partial charge in [0.25, 0.3) is 0 Å². The molecule has 2 aromatic rings. The van der Waals surface area contributed by atoms with Crippen LogP contribution in [-0.4, -0.2) is 74.6 Å². The van der Waals surface area contributed by atoms with Gasteiger partial charge < -0.3 is 19.3 Å². The lowest BCUT2D eigenvalue weighted by Gasteiger charge is -2.30. The minimum absolute atomic E-state index is 0.264. The molecule has 0 aromatic heterocycles. The van der Waals surface area contributed by atoms with Crippen LogP contribution in [-0.2, 0) is 6.54 Å². The molecule has 0 spiro atoms. The Morgan fingerprint density at radius 3 is 2.49 bits per heavy atom. The molecule has 0 amide bonds. The fourth-order valence-electron chi connectivity index (χ4n) is 4.56. The maximum atomic E-state index is 10.5. The number of para-hydroxylation sites is 1. The highest BCUT2D eigenvalue weighted by molar-refractivity contribution is 5.43. The van der Waals surface area contributed by atoms with E-state index < -0.39 is 6.10 Å². The number of aliphatic hydroxyl groups is 1. The fourth-order valence-corrected chi connectivity index (χ4v) is 4.56. The third kappa shape index (κ3) is 8.71. The number of likely N-dealkylation sites (N-methyl/N-ethyl adjacent to an activating group) is 1. The Kier molecular flexibility index (Phi) is 10.7. The van der Waals surface area contributed by atoms with Gasteiger partial charge in [0, 0.05) is 19.6 Å². The summed E-state index contributed by atoms with van der Waals surface area (Å²) in [6.07, 6.45) is 1.97. The van der Waals surface area contributed by atoms with Gasteiger partial charge in [0.2, 0.25) is 0 Å². The number of hydrogen-bond acceptors (Lipinski definition) is 6. The van der Waals surface area contributed by atoms with Crippen LogP contribution >= 0.6 is 0 Å². The smallest absolute Gasteiger partial charge is 0.161 e. The number of nitrogens with zero attached hydrogens (tertiary/aromatic N) is 2. The van der Waals surface area contributed by atoms with Crippen LogP contribution in [0, 0.1) is 5.92 Å². The fraction of sp³-hybridized carbons (Fsp3) is 0.586. The van der Waals surface area contributed by atoms with Crippen LogP contribution in [0.25, 0.3) is 0 Å². The average Bonchev–Trinajstić information content (AvgIpc) is 2.84. The maximum absolute atomic E-state index is 10.5. The largest absolute Gasteiger partial charge is 0.493 e. The SMILES string of the molecule is COc1cc(CN(C)CC(O)COc2ccccc2C(C)C)ccc1OCCN1CCC(C)CC1. The van der Waals surface area contributed by atoms with E-state index in [0.717, 1.165) is 53.9 Å². The van der Waals surface area contributed by atoms with Crippen LogP contribution in [0.1, 0.15) is 50.7 Å². The maximum Gasteiger partial charge on any atom is 0.161 e. The molecule has 1 aliphatic heterocycles. The zero-order chi connectivity index (χ0) is 25.2. The first-order valence-corrected chi connectivity index (χ1v) is 13.0. The quantitative estimate of drug-likeness (QED) is 0.441. The summed E-state index contributed by atoms with van der Waals surface area (Å²) >= 11 is 0. The molecule has 6 nitrogen and oxygen atoms in total. The average molecular weight is 485 g/mol.